The molecule has 0 radical (unpaired) electrons. The second-order valence-electron chi connectivity index (χ2n) is 6.44. The van der Waals surface area contributed by atoms with Gasteiger partial charge < -0.3 is 10.1 Å². The lowest BCUT2D eigenvalue weighted by molar-refractivity contribution is -0.136. The number of benzene rings is 3. The number of halogens is 1. The van der Waals surface area contributed by atoms with Crippen LogP contribution in [-0.4, -0.2) is 18.0 Å². The van der Waals surface area contributed by atoms with Crippen LogP contribution < -0.4 is 15.5 Å². The van der Waals surface area contributed by atoms with Gasteiger partial charge in [0.25, 0.3) is 0 Å². The smallest absolute Gasteiger partial charge is 0.329 e. The average Bonchev–Trinajstić information content (AvgIpc) is 2.74. The molecule has 7 heteroatoms. The third-order valence-electron chi connectivity index (χ3n) is 4.11. The van der Waals surface area contributed by atoms with E-state index >= 15 is 0 Å². The summed E-state index contributed by atoms with van der Waals surface area (Å²) in [5, 5.41) is 7.01. The number of nitrogens with one attached hydrogen (secondary N) is 2. The molecule has 0 atom stereocenters. The molecule has 0 aliphatic rings. The van der Waals surface area contributed by atoms with Gasteiger partial charge in [-0.3, -0.25) is 9.59 Å². The molecule has 0 heterocycles. The molecule has 3 aromatic rings. The van der Waals surface area contributed by atoms with Crippen LogP contribution in [0.25, 0.3) is 0 Å². The van der Waals surface area contributed by atoms with Crippen LogP contribution in [-0.2, 0) is 16.2 Å². The van der Waals surface area contributed by atoms with Gasteiger partial charge in [0, 0.05) is 21.8 Å². The number of carbonyl (C=O) groups excluding carboxylic acids is 2. The van der Waals surface area contributed by atoms with Gasteiger partial charge in [0.2, 0.25) is 0 Å². The first-order chi connectivity index (χ1) is 14.5. The van der Waals surface area contributed by atoms with Gasteiger partial charge in [-0.1, -0.05) is 54.1 Å². The molecule has 0 fully saturated rings. The van der Waals surface area contributed by atoms with Crippen LogP contribution in [0.15, 0.2) is 77.9 Å². The number of hydrogen-bond acceptors (Lipinski definition) is 4. The summed E-state index contributed by atoms with van der Waals surface area (Å²) in [4.78, 5) is 24.0. The molecular formula is C23H20ClN3O3. The van der Waals surface area contributed by atoms with Gasteiger partial charge in [-0.2, -0.15) is 5.10 Å². The molecule has 6 nitrogen and oxygen atoms in total. The van der Waals surface area contributed by atoms with Crippen LogP contribution in [0.3, 0.4) is 0 Å². The van der Waals surface area contributed by atoms with Crippen LogP contribution in [0.4, 0.5) is 5.69 Å². The van der Waals surface area contributed by atoms with E-state index < -0.39 is 11.8 Å². The van der Waals surface area contributed by atoms with Crippen molar-refractivity contribution in [3.63, 3.8) is 0 Å². The number of amides is 2. The summed E-state index contributed by atoms with van der Waals surface area (Å²) < 4.78 is 5.83. The van der Waals surface area contributed by atoms with Crippen LogP contribution in [0, 0.1) is 6.92 Å². The highest BCUT2D eigenvalue weighted by atomic mass is 35.5. The lowest BCUT2D eigenvalue weighted by Gasteiger charge is -2.10. The maximum Gasteiger partial charge on any atom is 0.329 e. The maximum atomic E-state index is 12.0. The fraction of sp³-hybridized carbons (Fsp3) is 0.0870. The first-order valence-corrected chi connectivity index (χ1v) is 9.57. The number of carbonyl (C=O) groups is 2. The van der Waals surface area contributed by atoms with Crippen molar-refractivity contribution in [2.45, 2.75) is 13.5 Å². The minimum absolute atomic E-state index is 0.287. The Hall–Kier alpha value is -3.64. The zero-order valence-electron chi connectivity index (χ0n) is 16.3. The molecule has 30 heavy (non-hydrogen) atoms. The number of aryl methyl sites for hydroxylation is 1. The Balaban J connectivity index is 1.58. The summed E-state index contributed by atoms with van der Waals surface area (Å²) in [5.74, 6) is -1.11. The molecule has 0 aliphatic heterocycles. The van der Waals surface area contributed by atoms with E-state index in [1.54, 1.807) is 36.4 Å². The summed E-state index contributed by atoms with van der Waals surface area (Å²) in [6.45, 7) is 2.18. The molecule has 0 saturated carbocycles. The Kier molecular flexibility index (Phi) is 7.19. The van der Waals surface area contributed by atoms with E-state index in [-0.39, 0.29) is 6.61 Å². The zero-order chi connectivity index (χ0) is 21.3. The van der Waals surface area contributed by atoms with E-state index in [1.165, 1.54) is 6.21 Å². The summed E-state index contributed by atoms with van der Waals surface area (Å²) in [6.07, 6.45) is 1.42. The standard InChI is InChI=1S/C23H20ClN3O3/c1-16-7-6-10-19(13-16)26-22(28)23(29)27-25-14-17-8-3-5-12-21(17)30-15-18-9-2-4-11-20(18)24/h2-14H,15H2,1H3,(H,26,28)(H,27,29). The summed E-state index contributed by atoms with van der Waals surface area (Å²) >= 11 is 6.15. The van der Waals surface area contributed by atoms with Gasteiger partial charge in [-0.15, -0.1) is 0 Å². The molecule has 3 aromatic carbocycles. The number of ether oxygens (including phenoxy) is 1. The molecule has 2 N–H and O–H groups in total. The maximum absolute atomic E-state index is 12.0. The number of para-hydroxylation sites is 1. The highest BCUT2D eigenvalue weighted by molar-refractivity contribution is 6.39. The van der Waals surface area contributed by atoms with Crippen molar-refractivity contribution >= 4 is 35.3 Å². The molecule has 0 aliphatic carbocycles. The fourth-order valence-electron chi connectivity index (χ4n) is 2.61. The molecule has 0 bridgehead atoms. The Morgan fingerprint density at radius 2 is 1.77 bits per heavy atom. The van der Waals surface area contributed by atoms with Crippen molar-refractivity contribution in [2.24, 2.45) is 5.10 Å². The molecule has 2 amide bonds. The number of rotatable bonds is 6. The van der Waals surface area contributed by atoms with E-state index in [2.05, 4.69) is 15.8 Å². The topological polar surface area (TPSA) is 79.8 Å². The van der Waals surface area contributed by atoms with Gasteiger partial charge in [0.1, 0.15) is 12.4 Å². The quantitative estimate of drug-likeness (QED) is 0.353. The van der Waals surface area contributed by atoms with Crippen molar-refractivity contribution in [1.82, 2.24) is 5.43 Å². The molecule has 3 rings (SSSR count). The van der Waals surface area contributed by atoms with Gasteiger partial charge in [0.15, 0.2) is 0 Å². The number of hydrazone groups is 1. The molecule has 0 unspecified atom stereocenters. The summed E-state index contributed by atoms with van der Waals surface area (Å²) in [6, 6.07) is 21.8. The van der Waals surface area contributed by atoms with Gasteiger partial charge >= 0.3 is 11.8 Å². The first kappa shape index (κ1) is 21.1. The Morgan fingerprint density at radius 1 is 1.00 bits per heavy atom. The van der Waals surface area contributed by atoms with E-state index in [0.29, 0.717) is 22.0 Å². The van der Waals surface area contributed by atoms with Crippen molar-refractivity contribution in [2.75, 3.05) is 5.32 Å². The molecule has 0 aromatic heterocycles. The fourth-order valence-corrected chi connectivity index (χ4v) is 2.80. The van der Waals surface area contributed by atoms with Crippen LogP contribution in [0.5, 0.6) is 5.75 Å². The average molecular weight is 422 g/mol. The van der Waals surface area contributed by atoms with Gasteiger partial charge in [-0.05, 0) is 42.8 Å². The highest BCUT2D eigenvalue weighted by Gasteiger charge is 2.13. The Morgan fingerprint density at radius 3 is 2.57 bits per heavy atom. The van der Waals surface area contributed by atoms with Crippen LogP contribution >= 0.6 is 11.6 Å². The van der Waals surface area contributed by atoms with Crippen LogP contribution in [0.1, 0.15) is 16.7 Å². The third kappa shape index (κ3) is 5.93. The lowest BCUT2D eigenvalue weighted by Crippen LogP contribution is -2.32. The minimum atomic E-state index is -0.873. The molecule has 0 saturated heterocycles. The zero-order valence-corrected chi connectivity index (χ0v) is 17.0. The van der Waals surface area contributed by atoms with Gasteiger partial charge in [0.05, 0.1) is 6.21 Å². The van der Waals surface area contributed by atoms with E-state index in [9.17, 15) is 9.59 Å². The van der Waals surface area contributed by atoms with Crippen molar-refractivity contribution in [1.29, 1.82) is 0 Å². The highest BCUT2D eigenvalue weighted by Crippen LogP contribution is 2.20. The Bertz CT molecular complexity index is 1080. The van der Waals surface area contributed by atoms with Crippen molar-refractivity contribution < 1.29 is 14.3 Å². The van der Waals surface area contributed by atoms with Crippen molar-refractivity contribution in [3.8, 4) is 5.75 Å². The largest absolute Gasteiger partial charge is 0.488 e. The lowest BCUT2D eigenvalue weighted by atomic mass is 10.2. The number of hydrogen-bond donors (Lipinski definition) is 2. The Labute approximate surface area is 179 Å². The number of anilines is 1. The van der Waals surface area contributed by atoms with Crippen LogP contribution in [0.2, 0.25) is 5.02 Å². The predicted molar refractivity (Wildman–Crippen MR) is 118 cm³/mol. The predicted octanol–water partition coefficient (Wildman–Crippen LogP) is 4.32. The summed E-state index contributed by atoms with van der Waals surface area (Å²) in [5.41, 5.74) is 5.23. The second-order valence-corrected chi connectivity index (χ2v) is 6.85. The molecule has 152 valence electrons. The molecule has 0 spiro atoms. The normalized spacial score (nSPS) is 10.6. The van der Waals surface area contributed by atoms with Gasteiger partial charge in [-0.25, -0.2) is 5.43 Å². The van der Waals surface area contributed by atoms with E-state index in [1.807, 2.05) is 43.3 Å². The van der Waals surface area contributed by atoms with E-state index in [4.69, 9.17) is 16.3 Å². The third-order valence-corrected chi connectivity index (χ3v) is 4.48. The monoisotopic (exact) mass is 421 g/mol. The SMILES string of the molecule is Cc1cccc(NC(=O)C(=O)NN=Cc2ccccc2OCc2ccccc2Cl)c1. The molecular weight excluding hydrogens is 402 g/mol. The first-order valence-electron chi connectivity index (χ1n) is 9.19. The number of nitrogens with zero attached hydrogens (tertiary/aromatic N) is 1. The summed E-state index contributed by atoms with van der Waals surface area (Å²) in [7, 11) is 0. The van der Waals surface area contributed by atoms with Crippen molar-refractivity contribution in [3.05, 3.63) is 94.5 Å². The van der Waals surface area contributed by atoms with E-state index in [0.717, 1.165) is 11.1 Å². The second kappa shape index (κ2) is 10.2. The minimum Gasteiger partial charge on any atom is -0.488 e.